The zero-order chi connectivity index (χ0) is 20.1. The highest BCUT2D eigenvalue weighted by atomic mass is 16.5. The van der Waals surface area contributed by atoms with Gasteiger partial charge in [-0.25, -0.2) is 4.98 Å². The zero-order valence-corrected chi connectivity index (χ0v) is 16.2. The summed E-state index contributed by atoms with van der Waals surface area (Å²) in [6, 6.07) is 13.9. The number of benzene rings is 2. The third-order valence-corrected chi connectivity index (χ3v) is 4.86. The van der Waals surface area contributed by atoms with Crippen LogP contribution in [-0.4, -0.2) is 28.3 Å². The van der Waals surface area contributed by atoms with Crippen molar-refractivity contribution in [3.8, 4) is 5.75 Å². The normalized spacial score (nSPS) is 12.4. The lowest BCUT2D eigenvalue weighted by molar-refractivity contribution is 0.233. The van der Waals surface area contributed by atoms with Gasteiger partial charge < -0.3 is 26.2 Å². The number of nitrogens with zero attached hydrogens (tertiary/aromatic N) is 2. The van der Waals surface area contributed by atoms with Gasteiger partial charge in [-0.3, -0.25) is 0 Å². The second kappa shape index (κ2) is 8.79. The minimum absolute atomic E-state index is 0.121. The Balaban J connectivity index is 1.44. The van der Waals surface area contributed by atoms with Gasteiger partial charge in [0, 0.05) is 24.4 Å². The van der Waals surface area contributed by atoms with E-state index in [-0.39, 0.29) is 6.61 Å². The average molecular weight is 391 g/mol. The smallest absolute Gasteiger partial charge is 0.229 e. The number of hydrogen-bond acceptors (Lipinski definition) is 7. The summed E-state index contributed by atoms with van der Waals surface area (Å²) in [5, 5.41) is 15.3. The van der Waals surface area contributed by atoms with Gasteiger partial charge in [0.2, 0.25) is 5.95 Å². The second-order valence-electron chi connectivity index (χ2n) is 7.03. The summed E-state index contributed by atoms with van der Waals surface area (Å²) in [7, 11) is 0. The minimum atomic E-state index is 0.121. The molecule has 1 aromatic heterocycles. The maximum Gasteiger partial charge on any atom is 0.229 e. The summed E-state index contributed by atoms with van der Waals surface area (Å²) in [4.78, 5) is 8.79. The second-order valence-corrected chi connectivity index (χ2v) is 7.03. The predicted molar refractivity (Wildman–Crippen MR) is 115 cm³/mol. The Morgan fingerprint density at radius 1 is 1.00 bits per heavy atom. The van der Waals surface area contributed by atoms with Crippen LogP contribution in [0.2, 0.25) is 0 Å². The van der Waals surface area contributed by atoms with E-state index in [4.69, 9.17) is 15.6 Å². The summed E-state index contributed by atoms with van der Waals surface area (Å²) in [5.74, 6) is 1.78. The van der Waals surface area contributed by atoms with Crippen LogP contribution in [0.1, 0.15) is 24.0 Å². The van der Waals surface area contributed by atoms with Crippen LogP contribution in [0.4, 0.5) is 28.8 Å². The summed E-state index contributed by atoms with van der Waals surface area (Å²) in [5.41, 5.74) is 11.2. The van der Waals surface area contributed by atoms with Crippen LogP contribution in [0.25, 0.3) is 0 Å². The van der Waals surface area contributed by atoms with E-state index in [0.29, 0.717) is 30.5 Å². The molecule has 0 aliphatic heterocycles. The first kappa shape index (κ1) is 19.0. The standard InChI is InChI=1S/C22H25N5O2/c23-20-14-24-22(26-17-7-9-19(10-8-17)29-12-2-11-28)27-21(20)25-18-6-5-15-3-1-4-16(15)13-18/h5-10,13-14,28H,1-4,11-12,23H2,(H2,24,25,26,27). The molecule has 0 saturated carbocycles. The molecular weight excluding hydrogens is 366 g/mol. The molecule has 0 amide bonds. The number of aliphatic hydroxyl groups excluding tert-OH is 1. The van der Waals surface area contributed by atoms with Gasteiger partial charge in [-0.05, 0) is 66.8 Å². The number of nitrogen functional groups attached to an aromatic ring is 1. The molecule has 3 aromatic rings. The van der Waals surface area contributed by atoms with Crippen molar-refractivity contribution in [3.05, 3.63) is 59.8 Å². The van der Waals surface area contributed by atoms with E-state index in [2.05, 4.69) is 38.8 Å². The van der Waals surface area contributed by atoms with Crippen LogP contribution in [0.5, 0.6) is 5.75 Å². The Morgan fingerprint density at radius 3 is 2.62 bits per heavy atom. The summed E-state index contributed by atoms with van der Waals surface area (Å²) < 4.78 is 5.54. The van der Waals surface area contributed by atoms with Crippen LogP contribution in [0, 0.1) is 0 Å². The molecule has 7 nitrogen and oxygen atoms in total. The third-order valence-electron chi connectivity index (χ3n) is 4.86. The molecule has 5 N–H and O–H groups in total. The van der Waals surface area contributed by atoms with Gasteiger partial charge in [0.15, 0.2) is 5.82 Å². The number of nitrogens with two attached hydrogens (primary N) is 1. The van der Waals surface area contributed by atoms with E-state index in [1.807, 2.05) is 24.3 Å². The highest BCUT2D eigenvalue weighted by molar-refractivity contribution is 5.70. The van der Waals surface area contributed by atoms with E-state index >= 15 is 0 Å². The lowest BCUT2D eigenvalue weighted by Crippen LogP contribution is -2.04. The average Bonchev–Trinajstić information content (AvgIpc) is 3.20. The first-order valence-electron chi connectivity index (χ1n) is 9.83. The molecule has 1 aliphatic rings. The van der Waals surface area contributed by atoms with E-state index in [0.717, 1.165) is 30.0 Å². The van der Waals surface area contributed by atoms with E-state index in [9.17, 15) is 0 Å². The Labute approximate surface area is 170 Å². The van der Waals surface area contributed by atoms with Crippen LogP contribution in [0.3, 0.4) is 0 Å². The number of ether oxygens (including phenoxy) is 1. The summed E-state index contributed by atoms with van der Waals surface area (Å²) in [6.07, 6.45) is 5.70. The Bertz CT molecular complexity index is 975. The molecule has 0 fully saturated rings. The number of hydrogen-bond donors (Lipinski definition) is 4. The first-order valence-corrected chi connectivity index (χ1v) is 9.83. The minimum Gasteiger partial charge on any atom is -0.494 e. The molecule has 0 radical (unpaired) electrons. The van der Waals surface area contributed by atoms with Crippen molar-refractivity contribution in [1.82, 2.24) is 9.97 Å². The van der Waals surface area contributed by atoms with Crippen molar-refractivity contribution < 1.29 is 9.84 Å². The van der Waals surface area contributed by atoms with Crippen LogP contribution >= 0.6 is 0 Å². The summed E-state index contributed by atoms with van der Waals surface area (Å²) in [6.45, 7) is 0.609. The van der Waals surface area contributed by atoms with Crippen LogP contribution in [0.15, 0.2) is 48.7 Å². The third kappa shape index (κ3) is 4.75. The van der Waals surface area contributed by atoms with Gasteiger partial charge >= 0.3 is 0 Å². The zero-order valence-electron chi connectivity index (χ0n) is 16.2. The molecule has 150 valence electrons. The quantitative estimate of drug-likeness (QED) is 0.433. The SMILES string of the molecule is Nc1cnc(Nc2ccc(OCCCO)cc2)nc1Nc1ccc2c(c1)CCC2. The molecule has 0 saturated heterocycles. The highest BCUT2D eigenvalue weighted by Gasteiger charge is 2.12. The largest absolute Gasteiger partial charge is 0.494 e. The Kier molecular flexibility index (Phi) is 5.76. The monoisotopic (exact) mass is 391 g/mol. The molecule has 0 unspecified atom stereocenters. The van der Waals surface area contributed by atoms with Gasteiger partial charge in [-0.2, -0.15) is 4.98 Å². The van der Waals surface area contributed by atoms with Crippen molar-refractivity contribution in [3.63, 3.8) is 0 Å². The molecule has 0 atom stereocenters. The molecule has 7 heteroatoms. The fraction of sp³-hybridized carbons (Fsp3) is 0.273. The van der Waals surface area contributed by atoms with Gasteiger partial charge in [0.25, 0.3) is 0 Å². The highest BCUT2D eigenvalue weighted by Crippen LogP contribution is 2.28. The lowest BCUT2D eigenvalue weighted by Gasteiger charge is -2.12. The number of aryl methyl sites for hydroxylation is 2. The number of fused-ring (bicyclic) bond motifs is 1. The van der Waals surface area contributed by atoms with E-state index in [1.165, 1.54) is 17.5 Å². The fourth-order valence-electron chi connectivity index (χ4n) is 3.36. The molecular formula is C22H25N5O2. The predicted octanol–water partition coefficient (Wildman–Crippen LogP) is 3.80. The molecule has 1 heterocycles. The van der Waals surface area contributed by atoms with Gasteiger partial charge in [0.05, 0.1) is 18.5 Å². The number of anilines is 5. The first-order chi connectivity index (χ1) is 14.2. The Hall–Kier alpha value is -3.32. The molecule has 0 bridgehead atoms. The Morgan fingerprint density at radius 2 is 1.79 bits per heavy atom. The fourth-order valence-corrected chi connectivity index (χ4v) is 3.36. The van der Waals surface area contributed by atoms with Crippen LogP contribution in [-0.2, 0) is 12.8 Å². The van der Waals surface area contributed by atoms with E-state index < -0.39 is 0 Å². The lowest BCUT2D eigenvalue weighted by atomic mass is 10.1. The van der Waals surface area contributed by atoms with Gasteiger partial charge in [0.1, 0.15) is 5.75 Å². The van der Waals surface area contributed by atoms with Crippen molar-refractivity contribution >= 4 is 28.8 Å². The molecule has 4 rings (SSSR count). The van der Waals surface area contributed by atoms with Crippen molar-refractivity contribution in [1.29, 1.82) is 0 Å². The summed E-state index contributed by atoms with van der Waals surface area (Å²) >= 11 is 0. The van der Waals surface area contributed by atoms with Crippen LogP contribution < -0.4 is 21.1 Å². The topological polar surface area (TPSA) is 105 Å². The number of aromatic nitrogens is 2. The van der Waals surface area contributed by atoms with Crippen molar-refractivity contribution in [2.75, 3.05) is 29.6 Å². The number of nitrogens with one attached hydrogen (secondary N) is 2. The van der Waals surface area contributed by atoms with E-state index in [1.54, 1.807) is 6.20 Å². The molecule has 29 heavy (non-hydrogen) atoms. The van der Waals surface area contributed by atoms with Crippen molar-refractivity contribution in [2.24, 2.45) is 0 Å². The molecule has 0 spiro atoms. The van der Waals surface area contributed by atoms with Crippen molar-refractivity contribution in [2.45, 2.75) is 25.7 Å². The number of aliphatic hydroxyl groups is 1. The maximum absolute atomic E-state index is 8.81. The van der Waals surface area contributed by atoms with Gasteiger partial charge in [-0.1, -0.05) is 6.07 Å². The molecule has 2 aromatic carbocycles. The molecule has 1 aliphatic carbocycles. The van der Waals surface area contributed by atoms with Gasteiger partial charge in [-0.15, -0.1) is 0 Å². The maximum atomic E-state index is 8.81. The number of rotatable bonds is 8.